The predicted molar refractivity (Wildman–Crippen MR) is 162 cm³/mol. The van der Waals surface area contributed by atoms with Gasteiger partial charge in [-0.05, 0) is 48.5 Å². The number of benzene rings is 3. The Hall–Kier alpha value is -4.51. The van der Waals surface area contributed by atoms with Gasteiger partial charge in [-0.2, -0.15) is 0 Å². The molecule has 0 bridgehead atoms. The van der Waals surface area contributed by atoms with Gasteiger partial charge in [0.15, 0.2) is 11.6 Å². The summed E-state index contributed by atoms with van der Waals surface area (Å²) in [6, 6.07) is 24.6. The van der Waals surface area contributed by atoms with E-state index in [2.05, 4.69) is 46.6 Å². The highest BCUT2D eigenvalue weighted by molar-refractivity contribution is 7.22. The van der Waals surface area contributed by atoms with E-state index < -0.39 is 11.8 Å². The maximum absolute atomic E-state index is 15.2. The van der Waals surface area contributed by atoms with Crippen molar-refractivity contribution in [1.82, 2.24) is 9.88 Å². The Morgan fingerprint density at radius 1 is 1.02 bits per heavy atom. The molecule has 0 saturated carbocycles. The highest BCUT2D eigenvalue weighted by Crippen LogP contribution is 2.40. The Bertz CT molecular complexity index is 1630. The largest absolute Gasteiger partial charge is 0.453 e. The van der Waals surface area contributed by atoms with E-state index in [-0.39, 0.29) is 11.4 Å². The molecule has 2 amide bonds. The molecule has 3 aromatic carbocycles. The molecule has 0 atom stereocenters. The number of likely N-dealkylation sites (N-methyl/N-ethyl adjacent to an activating group) is 1. The van der Waals surface area contributed by atoms with Crippen LogP contribution < -0.4 is 20.9 Å². The molecule has 0 radical (unpaired) electrons. The monoisotopic (exact) mass is 571 g/mol. The Morgan fingerprint density at radius 3 is 2.51 bits per heavy atom. The number of hydrazine groups is 1. The van der Waals surface area contributed by atoms with E-state index >= 15 is 4.39 Å². The first-order valence-corrected chi connectivity index (χ1v) is 13.8. The number of urea groups is 1. The minimum absolute atomic E-state index is 0.0160. The van der Waals surface area contributed by atoms with Gasteiger partial charge in [0, 0.05) is 43.4 Å². The van der Waals surface area contributed by atoms with E-state index in [4.69, 9.17) is 15.2 Å². The molecule has 0 saturated heterocycles. The van der Waals surface area contributed by atoms with E-state index in [0.717, 1.165) is 38.8 Å². The number of primary amides is 1. The number of carbonyl (C=O) groups excluding carboxylic acids is 1. The summed E-state index contributed by atoms with van der Waals surface area (Å²) in [5.41, 5.74) is 12.3. The zero-order valence-corrected chi connectivity index (χ0v) is 23.5. The van der Waals surface area contributed by atoms with Crippen molar-refractivity contribution in [3.8, 4) is 21.9 Å². The summed E-state index contributed by atoms with van der Waals surface area (Å²) >= 11 is 1.53. The van der Waals surface area contributed by atoms with Crippen LogP contribution >= 0.6 is 11.3 Å². The van der Waals surface area contributed by atoms with Crippen LogP contribution in [0.5, 0.6) is 11.5 Å². The number of carbonyl (C=O) groups is 1. The first-order valence-electron chi connectivity index (χ1n) is 13.0. The maximum atomic E-state index is 15.2. The standard InChI is InChI=1S/C31H30FN5O3S/c1-36(16-17-39-2)20-21-8-10-22(11-9-21)29-19-26-30(41-29)28(14-15-34-26)40-27-13-12-24(18-25(27)32)37(31(33)38)35-23-6-4-3-5-7-23/h3-15,18-19,35H,16-17,20H2,1-2H3,(H2,33,38). The van der Waals surface area contributed by atoms with Crippen molar-refractivity contribution >= 4 is 39.0 Å². The number of nitrogens with zero attached hydrogens (tertiary/aromatic N) is 3. The maximum Gasteiger partial charge on any atom is 0.338 e. The van der Waals surface area contributed by atoms with Crippen molar-refractivity contribution in [2.45, 2.75) is 6.54 Å². The Kier molecular flexibility index (Phi) is 8.73. The Morgan fingerprint density at radius 2 is 1.80 bits per heavy atom. The molecule has 210 valence electrons. The number of ether oxygens (including phenoxy) is 2. The first kappa shape index (κ1) is 28.0. The number of nitrogens with one attached hydrogen (secondary N) is 1. The van der Waals surface area contributed by atoms with E-state index in [1.54, 1.807) is 37.6 Å². The number of thiophene rings is 1. The molecular weight excluding hydrogens is 541 g/mol. The van der Waals surface area contributed by atoms with Gasteiger partial charge in [0.25, 0.3) is 0 Å². The second-order valence-corrected chi connectivity index (χ2v) is 10.5. The summed E-state index contributed by atoms with van der Waals surface area (Å²) in [5, 5.41) is 1.07. The molecular formula is C31H30FN5O3S. The van der Waals surface area contributed by atoms with Crippen LogP contribution in [0.4, 0.5) is 20.6 Å². The number of pyridine rings is 1. The number of nitrogens with two attached hydrogens (primary N) is 1. The van der Waals surface area contributed by atoms with E-state index in [1.807, 2.05) is 24.3 Å². The van der Waals surface area contributed by atoms with E-state index in [0.29, 0.717) is 18.0 Å². The number of halogens is 1. The van der Waals surface area contributed by atoms with Crippen molar-refractivity contribution in [3.63, 3.8) is 0 Å². The molecule has 8 nitrogen and oxygen atoms in total. The fourth-order valence-corrected chi connectivity index (χ4v) is 5.34. The number of hydrogen-bond acceptors (Lipinski definition) is 7. The average molecular weight is 572 g/mol. The fourth-order valence-electron chi connectivity index (χ4n) is 4.27. The number of para-hydroxylation sites is 1. The third-order valence-electron chi connectivity index (χ3n) is 6.37. The quantitative estimate of drug-likeness (QED) is 0.168. The molecule has 0 spiro atoms. The van der Waals surface area contributed by atoms with Gasteiger partial charge in [-0.3, -0.25) is 15.3 Å². The van der Waals surface area contributed by atoms with Gasteiger partial charge < -0.3 is 15.2 Å². The second-order valence-electron chi connectivity index (χ2n) is 9.43. The van der Waals surface area contributed by atoms with Crippen molar-refractivity contribution in [2.75, 3.05) is 37.7 Å². The smallest absolute Gasteiger partial charge is 0.338 e. The second kappa shape index (κ2) is 12.8. The fraction of sp³-hybridized carbons (Fsp3) is 0.161. The van der Waals surface area contributed by atoms with Gasteiger partial charge in [-0.1, -0.05) is 42.5 Å². The van der Waals surface area contributed by atoms with Gasteiger partial charge in [-0.15, -0.1) is 11.3 Å². The Balaban J connectivity index is 1.34. The number of hydrogen-bond donors (Lipinski definition) is 2. The van der Waals surface area contributed by atoms with Crippen LogP contribution in [-0.2, 0) is 11.3 Å². The number of fused-ring (bicyclic) bond motifs is 1. The van der Waals surface area contributed by atoms with Crippen molar-refractivity contribution < 1.29 is 18.7 Å². The predicted octanol–water partition coefficient (Wildman–Crippen LogP) is 6.89. The molecule has 5 aromatic rings. The van der Waals surface area contributed by atoms with Crippen LogP contribution in [0.15, 0.2) is 91.1 Å². The van der Waals surface area contributed by atoms with E-state index in [1.165, 1.54) is 29.0 Å². The van der Waals surface area contributed by atoms with Crippen LogP contribution in [0, 0.1) is 5.82 Å². The summed E-state index contributed by atoms with van der Waals surface area (Å²) in [7, 11) is 3.77. The minimum atomic E-state index is -0.782. The highest BCUT2D eigenvalue weighted by Gasteiger charge is 2.17. The molecule has 0 aliphatic carbocycles. The molecule has 0 aliphatic heterocycles. The number of rotatable bonds is 11. The molecule has 2 heterocycles. The van der Waals surface area contributed by atoms with Gasteiger partial charge in [0.1, 0.15) is 5.75 Å². The number of methoxy groups -OCH3 is 1. The SMILES string of the molecule is COCCN(C)Cc1ccc(-c2cc3nccc(Oc4ccc(N(Nc5ccccc5)C(N)=O)cc4F)c3s2)cc1. The van der Waals surface area contributed by atoms with Gasteiger partial charge in [0.2, 0.25) is 0 Å². The van der Waals surface area contributed by atoms with Crippen molar-refractivity contribution in [3.05, 3.63) is 103 Å². The minimum Gasteiger partial charge on any atom is -0.453 e. The van der Waals surface area contributed by atoms with Crippen LogP contribution in [-0.4, -0.2) is 43.2 Å². The summed E-state index contributed by atoms with van der Waals surface area (Å²) < 4.78 is 27.2. The Labute approximate surface area is 241 Å². The van der Waals surface area contributed by atoms with Crippen LogP contribution in [0.3, 0.4) is 0 Å². The summed E-state index contributed by atoms with van der Waals surface area (Å²) in [5.74, 6) is -0.137. The van der Waals surface area contributed by atoms with Gasteiger partial charge in [0.05, 0.1) is 28.2 Å². The van der Waals surface area contributed by atoms with Crippen molar-refractivity contribution in [2.24, 2.45) is 5.73 Å². The van der Waals surface area contributed by atoms with Gasteiger partial charge in [-0.25, -0.2) is 14.2 Å². The molecule has 0 unspecified atom stereocenters. The molecule has 0 fully saturated rings. The lowest BCUT2D eigenvalue weighted by molar-refractivity contribution is 0.158. The van der Waals surface area contributed by atoms with Crippen molar-refractivity contribution in [1.29, 1.82) is 0 Å². The zero-order valence-electron chi connectivity index (χ0n) is 22.7. The molecule has 5 rings (SSSR count). The summed E-state index contributed by atoms with van der Waals surface area (Å²) in [6.45, 7) is 2.39. The van der Waals surface area contributed by atoms with E-state index in [9.17, 15) is 4.79 Å². The molecule has 3 N–H and O–H groups in total. The highest BCUT2D eigenvalue weighted by atomic mass is 32.1. The topological polar surface area (TPSA) is 93.0 Å². The molecule has 41 heavy (non-hydrogen) atoms. The summed E-state index contributed by atoms with van der Waals surface area (Å²) in [4.78, 5) is 19.8. The van der Waals surface area contributed by atoms with Gasteiger partial charge >= 0.3 is 6.03 Å². The number of anilines is 2. The lowest BCUT2D eigenvalue weighted by Crippen LogP contribution is -2.40. The zero-order chi connectivity index (χ0) is 28.8. The first-order chi connectivity index (χ1) is 19.9. The third-order valence-corrected chi connectivity index (χ3v) is 7.56. The third kappa shape index (κ3) is 6.80. The molecule has 0 aliphatic rings. The van der Waals surface area contributed by atoms with Crippen LogP contribution in [0.2, 0.25) is 0 Å². The van der Waals surface area contributed by atoms with Crippen LogP contribution in [0.25, 0.3) is 20.7 Å². The number of amides is 2. The normalized spacial score (nSPS) is 11.1. The lowest BCUT2D eigenvalue weighted by atomic mass is 10.1. The number of aromatic nitrogens is 1. The average Bonchev–Trinajstić information content (AvgIpc) is 3.42. The lowest BCUT2D eigenvalue weighted by Gasteiger charge is -2.22. The molecule has 10 heteroatoms. The summed E-state index contributed by atoms with van der Waals surface area (Å²) in [6.07, 6.45) is 1.64. The molecule has 2 aromatic heterocycles. The van der Waals surface area contributed by atoms with Crippen LogP contribution in [0.1, 0.15) is 5.56 Å².